The Morgan fingerprint density at radius 3 is 2.61 bits per heavy atom. The maximum absolute atomic E-state index is 14.7. The van der Waals surface area contributed by atoms with Crippen molar-refractivity contribution in [1.29, 1.82) is 0 Å². The van der Waals surface area contributed by atoms with Gasteiger partial charge in [-0.25, -0.2) is 13.5 Å². The molecule has 0 saturated heterocycles. The molecule has 4 rings (SSSR count). The fraction of sp³-hybridized carbons (Fsp3) is 0.370. The molecule has 234 valence electrons. The molecular weight excluding hydrogens is 611 g/mol. The molecule has 2 amide bonds. The van der Waals surface area contributed by atoms with Crippen molar-refractivity contribution in [2.24, 2.45) is 0 Å². The van der Waals surface area contributed by atoms with E-state index in [0.29, 0.717) is 21.7 Å². The van der Waals surface area contributed by atoms with E-state index in [0.717, 1.165) is 23.5 Å². The van der Waals surface area contributed by atoms with Crippen LogP contribution in [0, 0.1) is 0 Å². The minimum absolute atomic E-state index is 0.0174. The van der Waals surface area contributed by atoms with Crippen molar-refractivity contribution >= 4 is 28.3 Å². The number of nitrogens with zero attached hydrogens (tertiary/aromatic N) is 6. The lowest BCUT2D eigenvalue weighted by Crippen LogP contribution is -2.23. The second-order valence-corrected chi connectivity index (χ2v) is 11.2. The van der Waals surface area contributed by atoms with E-state index >= 15 is 0 Å². The fourth-order valence-electron chi connectivity index (χ4n) is 3.85. The number of carbonyl (C=O) groups excluding carboxylic acids is 2. The van der Waals surface area contributed by atoms with Gasteiger partial charge in [0.15, 0.2) is 5.69 Å². The Kier molecular flexibility index (Phi) is 10.2. The number of hydrogen-bond donors (Lipinski definition) is 2. The van der Waals surface area contributed by atoms with Gasteiger partial charge in [0.2, 0.25) is 11.0 Å². The predicted molar refractivity (Wildman–Crippen MR) is 148 cm³/mol. The second kappa shape index (κ2) is 13.8. The van der Waals surface area contributed by atoms with Crippen LogP contribution in [0.15, 0.2) is 48.9 Å². The average molecular weight is 639 g/mol. The summed E-state index contributed by atoms with van der Waals surface area (Å²) in [6, 6.07) is 6.66. The van der Waals surface area contributed by atoms with Crippen molar-refractivity contribution in [2.45, 2.75) is 64.4 Å². The molecule has 0 fully saturated rings. The minimum atomic E-state index is -4.85. The van der Waals surface area contributed by atoms with Crippen molar-refractivity contribution in [3.8, 4) is 5.75 Å². The normalized spacial score (nSPS) is 12.5. The Morgan fingerprint density at radius 2 is 1.86 bits per heavy atom. The number of anilines is 1. The summed E-state index contributed by atoms with van der Waals surface area (Å²) in [5.74, 6) is -1.51. The SMILES string of the molecule is CC(C)(F)c1cncc(CNC(=O)c2cn(CC(F)CCc3nnc(NC(=O)Cc4cccc(OC(F)(F)F)c4)s3)nn2)c1. The summed E-state index contributed by atoms with van der Waals surface area (Å²) >= 11 is 1.04. The highest BCUT2D eigenvalue weighted by molar-refractivity contribution is 7.15. The molecular formula is C27H27F5N8O3S. The number of ether oxygens (including phenoxy) is 1. The van der Waals surface area contributed by atoms with Gasteiger partial charge in [0.1, 0.15) is 22.6 Å². The number of halogens is 5. The van der Waals surface area contributed by atoms with Crippen molar-refractivity contribution < 1.29 is 36.3 Å². The summed E-state index contributed by atoms with van der Waals surface area (Å²) in [7, 11) is 0. The Labute approximate surface area is 251 Å². The monoisotopic (exact) mass is 638 g/mol. The lowest BCUT2D eigenvalue weighted by molar-refractivity contribution is -0.274. The van der Waals surface area contributed by atoms with Crippen LogP contribution in [0.1, 0.15) is 52.5 Å². The van der Waals surface area contributed by atoms with Crippen LogP contribution in [0.4, 0.5) is 27.1 Å². The molecule has 1 aromatic carbocycles. The topological polar surface area (TPSA) is 137 Å². The van der Waals surface area contributed by atoms with Crippen molar-refractivity contribution in [1.82, 2.24) is 35.5 Å². The van der Waals surface area contributed by atoms with Gasteiger partial charge in [-0.05, 0) is 49.6 Å². The molecule has 44 heavy (non-hydrogen) atoms. The van der Waals surface area contributed by atoms with Crippen LogP contribution in [0.2, 0.25) is 0 Å². The van der Waals surface area contributed by atoms with Gasteiger partial charge in [0.25, 0.3) is 5.91 Å². The van der Waals surface area contributed by atoms with Crippen LogP contribution in [0.5, 0.6) is 5.75 Å². The van der Waals surface area contributed by atoms with Crippen molar-refractivity contribution in [2.75, 3.05) is 5.32 Å². The van der Waals surface area contributed by atoms with E-state index in [-0.39, 0.29) is 43.2 Å². The molecule has 0 saturated carbocycles. The Morgan fingerprint density at radius 1 is 1.07 bits per heavy atom. The number of aromatic nitrogens is 6. The van der Waals surface area contributed by atoms with Crippen LogP contribution in [0.3, 0.4) is 0 Å². The van der Waals surface area contributed by atoms with Gasteiger partial charge >= 0.3 is 6.36 Å². The Bertz CT molecular complexity index is 1590. The highest BCUT2D eigenvalue weighted by atomic mass is 32.1. The van der Waals surface area contributed by atoms with E-state index in [1.54, 1.807) is 6.07 Å². The predicted octanol–water partition coefficient (Wildman–Crippen LogP) is 4.71. The highest BCUT2D eigenvalue weighted by Crippen LogP contribution is 2.25. The number of rotatable bonds is 13. The number of hydrogen-bond acceptors (Lipinski definition) is 9. The number of benzene rings is 1. The summed E-state index contributed by atoms with van der Waals surface area (Å²) in [5, 5.41) is 21.1. The van der Waals surface area contributed by atoms with E-state index in [9.17, 15) is 31.5 Å². The average Bonchev–Trinajstić information content (AvgIpc) is 3.59. The highest BCUT2D eigenvalue weighted by Gasteiger charge is 2.31. The van der Waals surface area contributed by atoms with Gasteiger partial charge in [-0.15, -0.1) is 28.5 Å². The first-order valence-corrected chi connectivity index (χ1v) is 14.0. The third-order valence-corrected chi connectivity index (χ3v) is 6.87. The molecule has 1 atom stereocenters. The zero-order chi connectivity index (χ0) is 31.9. The smallest absolute Gasteiger partial charge is 0.406 e. The van der Waals surface area contributed by atoms with Gasteiger partial charge in [-0.2, -0.15) is 0 Å². The number of alkyl halides is 5. The first-order chi connectivity index (χ1) is 20.7. The molecule has 17 heteroatoms. The molecule has 0 aliphatic rings. The quantitative estimate of drug-likeness (QED) is 0.201. The third kappa shape index (κ3) is 10.0. The molecule has 0 aliphatic heterocycles. The van der Waals surface area contributed by atoms with Gasteiger partial charge in [0.05, 0.1) is 19.2 Å². The Hall–Kier alpha value is -4.54. The zero-order valence-corrected chi connectivity index (χ0v) is 24.3. The van der Waals surface area contributed by atoms with Crippen molar-refractivity contribution in [3.63, 3.8) is 0 Å². The lowest BCUT2D eigenvalue weighted by Gasteiger charge is -2.15. The van der Waals surface area contributed by atoms with E-state index in [1.807, 2.05) is 0 Å². The summed E-state index contributed by atoms with van der Waals surface area (Å²) < 4.78 is 71.1. The van der Waals surface area contributed by atoms with Gasteiger partial charge in [0, 0.05) is 30.9 Å². The maximum Gasteiger partial charge on any atom is 0.573 e. The molecule has 11 nitrogen and oxygen atoms in total. The summed E-state index contributed by atoms with van der Waals surface area (Å²) in [4.78, 5) is 28.8. The molecule has 4 aromatic rings. The Balaban J connectivity index is 1.20. The summed E-state index contributed by atoms with van der Waals surface area (Å²) in [5.41, 5.74) is -0.322. The van der Waals surface area contributed by atoms with E-state index < -0.39 is 35.8 Å². The van der Waals surface area contributed by atoms with Gasteiger partial charge in [-0.1, -0.05) is 28.7 Å². The lowest BCUT2D eigenvalue weighted by atomic mass is 10.0. The standard InChI is InChI=1S/C27H27F5N8O3S/c1-26(2,29)18-8-17(11-33-13-18)12-34-24(42)21-15-40(39-36-21)14-19(28)6-7-23-37-38-25(44-23)35-22(41)10-16-4-3-5-20(9-16)43-27(30,31)32/h3-5,8-9,11,13,15,19H,6-7,10,12,14H2,1-2H3,(H,34,42)(H,35,38,41). The van der Waals surface area contributed by atoms with Gasteiger partial charge in [-0.3, -0.25) is 14.6 Å². The van der Waals surface area contributed by atoms with Crippen LogP contribution < -0.4 is 15.4 Å². The molecule has 3 heterocycles. The van der Waals surface area contributed by atoms with E-state index in [2.05, 4.69) is 40.9 Å². The fourth-order valence-corrected chi connectivity index (χ4v) is 4.63. The molecule has 2 N–H and O–H groups in total. The van der Waals surface area contributed by atoms with E-state index in [4.69, 9.17) is 0 Å². The number of pyridine rings is 1. The maximum atomic E-state index is 14.7. The number of nitrogens with one attached hydrogen (secondary N) is 2. The zero-order valence-electron chi connectivity index (χ0n) is 23.4. The number of carbonyl (C=O) groups is 2. The molecule has 0 radical (unpaired) electrons. The van der Waals surface area contributed by atoms with Gasteiger partial charge < -0.3 is 15.4 Å². The molecule has 3 aromatic heterocycles. The first-order valence-electron chi connectivity index (χ1n) is 13.2. The largest absolute Gasteiger partial charge is 0.573 e. The molecule has 1 unspecified atom stereocenters. The third-order valence-electron chi connectivity index (χ3n) is 5.97. The summed E-state index contributed by atoms with van der Waals surface area (Å²) in [6.45, 7) is 2.73. The van der Waals surface area contributed by atoms with E-state index in [1.165, 1.54) is 49.3 Å². The first kappa shape index (κ1) is 32.4. The number of aryl methyl sites for hydroxylation is 1. The second-order valence-electron chi connectivity index (χ2n) is 10.1. The molecule has 0 spiro atoms. The minimum Gasteiger partial charge on any atom is -0.406 e. The number of amides is 2. The molecule has 0 bridgehead atoms. The van der Waals surface area contributed by atoms with Crippen LogP contribution in [-0.2, 0) is 36.4 Å². The van der Waals surface area contributed by atoms with Crippen LogP contribution in [-0.4, -0.2) is 54.5 Å². The summed E-state index contributed by atoms with van der Waals surface area (Å²) in [6.07, 6.45) is -1.95. The molecule has 0 aliphatic carbocycles. The van der Waals surface area contributed by atoms with Crippen molar-refractivity contribution in [3.05, 3.63) is 76.3 Å². The van der Waals surface area contributed by atoms with Crippen LogP contribution in [0.25, 0.3) is 0 Å². The van der Waals surface area contributed by atoms with Crippen LogP contribution >= 0.6 is 11.3 Å².